The van der Waals surface area contributed by atoms with Crippen LogP contribution in [-0.4, -0.2) is 37.6 Å². The second-order valence-corrected chi connectivity index (χ2v) is 7.40. The van der Waals surface area contributed by atoms with E-state index in [9.17, 15) is 8.42 Å². The second kappa shape index (κ2) is 5.03. The van der Waals surface area contributed by atoms with E-state index >= 15 is 0 Å². The van der Waals surface area contributed by atoms with Gasteiger partial charge >= 0.3 is 0 Å². The average Bonchev–Trinajstić information content (AvgIpc) is 2.97. The van der Waals surface area contributed by atoms with Crippen molar-refractivity contribution in [2.45, 2.75) is 13.3 Å². The summed E-state index contributed by atoms with van der Waals surface area (Å²) < 4.78 is 25.6. The molecule has 0 amide bonds. The number of rotatable bonds is 3. The molecule has 3 rings (SSSR count). The molecular weight excluding hydrogens is 310 g/mol. The van der Waals surface area contributed by atoms with Crippen LogP contribution in [0.5, 0.6) is 0 Å². The van der Waals surface area contributed by atoms with Crippen LogP contribution in [0.15, 0.2) is 23.2 Å². The smallest absolute Gasteiger partial charge is 0.236 e. The molecular formula is C14H16ClN3O2S. The van der Waals surface area contributed by atoms with Gasteiger partial charge in [-0.1, -0.05) is 17.7 Å². The normalized spacial score (nSPS) is 15.3. The van der Waals surface area contributed by atoms with E-state index in [2.05, 4.69) is 10.3 Å². The molecule has 0 saturated carbocycles. The van der Waals surface area contributed by atoms with Gasteiger partial charge in [-0.25, -0.2) is 12.4 Å². The summed E-state index contributed by atoms with van der Waals surface area (Å²) in [6.07, 6.45) is 1.77. The van der Waals surface area contributed by atoms with Crippen LogP contribution in [0, 0.1) is 6.92 Å². The zero-order valence-corrected chi connectivity index (χ0v) is 13.4. The molecule has 1 aromatic carbocycles. The molecule has 0 fully saturated rings. The minimum Gasteiger partial charge on any atom is -0.372 e. The number of nitrogens with one attached hydrogen (secondary N) is 1. The fraction of sp³-hybridized carbons (Fsp3) is 0.357. The van der Waals surface area contributed by atoms with E-state index in [0.29, 0.717) is 22.7 Å². The topological polar surface area (TPSA) is 63.5 Å². The third-order valence-corrected chi connectivity index (χ3v) is 5.12. The van der Waals surface area contributed by atoms with E-state index in [4.69, 9.17) is 11.6 Å². The molecule has 1 N–H and O–H groups in total. The van der Waals surface area contributed by atoms with Crippen molar-refractivity contribution in [1.29, 1.82) is 0 Å². The monoisotopic (exact) mass is 325 g/mol. The van der Waals surface area contributed by atoms with Crippen LogP contribution in [0.1, 0.15) is 11.3 Å². The number of hydrogen-bond acceptors (Lipinski definition) is 4. The van der Waals surface area contributed by atoms with Gasteiger partial charge in [-0.2, -0.15) is 0 Å². The molecule has 1 aliphatic rings. The highest BCUT2D eigenvalue weighted by Gasteiger charge is 2.22. The highest BCUT2D eigenvalue weighted by molar-refractivity contribution is 7.89. The van der Waals surface area contributed by atoms with Crippen molar-refractivity contribution in [2.24, 2.45) is 4.99 Å². The van der Waals surface area contributed by atoms with Crippen molar-refractivity contribution in [2.75, 3.05) is 19.3 Å². The molecule has 5 nitrogen and oxygen atoms in total. The Balaban J connectivity index is 2.30. The minimum atomic E-state index is -3.39. The van der Waals surface area contributed by atoms with Gasteiger partial charge in [-0.15, -0.1) is 0 Å². The maximum atomic E-state index is 12.1. The Hall–Kier alpha value is -1.53. The summed E-state index contributed by atoms with van der Waals surface area (Å²) >= 11 is 6.31. The predicted molar refractivity (Wildman–Crippen MR) is 85.9 cm³/mol. The number of nitrogens with zero attached hydrogens (tertiary/aromatic N) is 2. The lowest BCUT2D eigenvalue weighted by atomic mass is 10.1. The molecule has 2 aromatic rings. The first kappa shape index (κ1) is 14.4. The number of benzene rings is 1. The summed E-state index contributed by atoms with van der Waals surface area (Å²) in [5.74, 6) is 0.880. The van der Waals surface area contributed by atoms with Crippen LogP contribution in [0.3, 0.4) is 0 Å². The Bertz CT molecular complexity index is 853. The third kappa shape index (κ3) is 2.42. The fourth-order valence-corrected chi connectivity index (χ4v) is 4.24. The van der Waals surface area contributed by atoms with E-state index in [1.54, 1.807) is 18.2 Å². The Kier molecular flexibility index (Phi) is 3.45. The van der Waals surface area contributed by atoms with Gasteiger partial charge in [0, 0.05) is 24.0 Å². The largest absolute Gasteiger partial charge is 0.372 e. The van der Waals surface area contributed by atoms with E-state index in [0.717, 1.165) is 29.9 Å². The van der Waals surface area contributed by atoms with Crippen molar-refractivity contribution in [3.05, 3.63) is 34.5 Å². The molecule has 1 aromatic heterocycles. The Morgan fingerprint density at radius 3 is 2.81 bits per heavy atom. The molecule has 0 unspecified atom stereocenters. The quantitative estimate of drug-likeness (QED) is 0.938. The summed E-state index contributed by atoms with van der Waals surface area (Å²) in [6, 6.07) is 5.33. The summed E-state index contributed by atoms with van der Waals surface area (Å²) in [5, 5.41) is 4.56. The molecule has 0 radical (unpaired) electrons. The fourth-order valence-electron chi connectivity index (χ4n) is 2.84. The highest BCUT2D eigenvalue weighted by Crippen LogP contribution is 2.33. The van der Waals surface area contributed by atoms with Crippen molar-refractivity contribution in [3.8, 4) is 0 Å². The summed E-state index contributed by atoms with van der Waals surface area (Å²) in [5.41, 5.74) is 2.22. The molecule has 0 spiro atoms. The van der Waals surface area contributed by atoms with Crippen LogP contribution >= 0.6 is 11.6 Å². The number of aromatic nitrogens is 1. The van der Waals surface area contributed by atoms with E-state index in [-0.39, 0.29) is 0 Å². The first-order chi connectivity index (χ1) is 9.89. The molecule has 7 heteroatoms. The summed E-state index contributed by atoms with van der Waals surface area (Å²) in [7, 11) is -3.39. The van der Waals surface area contributed by atoms with Crippen molar-refractivity contribution >= 4 is 38.4 Å². The van der Waals surface area contributed by atoms with Gasteiger partial charge in [-0.3, -0.25) is 4.99 Å². The number of halogens is 1. The molecule has 0 bridgehead atoms. The van der Waals surface area contributed by atoms with Gasteiger partial charge in [0.25, 0.3) is 0 Å². The van der Waals surface area contributed by atoms with Gasteiger partial charge in [0.05, 0.1) is 23.3 Å². The number of hydrogen-bond donors (Lipinski definition) is 1. The molecule has 21 heavy (non-hydrogen) atoms. The molecule has 112 valence electrons. The standard InChI is InChI=1S/C14H16ClN3O2S/c1-9-10(8-13-16-6-7-17-13)14-11(15)4-3-5-12(14)18(9)21(2,19)20/h3-5H,6-8H2,1-2H3,(H,16,17). The molecule has 0 atom stereocenters. The van der Waals surface area contributed by atoms with Crippen molar-refractivity contribution in [1.82, 2.24) is 9.29 Å². The van der Waals surface area contributed by atoms with Gasteiger partial charge < -0.3 is 5.32 Å². The zero-order chi connectivity index (χ0) is 15.2. The minimum absolute atomic E-state index is 0.562. The van der Waals surface area contributed by atoms with Gasteiger partial charge in [-0.05, 0) is 24.6 Å². The van der Waals surface area contributed by atoms with E-state index in [1.807, 2.05) is 6.92 Å². The van der Waals surface area contributed by atoms with Crippen LogP contribution in [-0.2, 0) is 16.4 Å². The molecule has 2 heterocycles. The highest BCUT2D eigenvalue weighted by atomic mass is 35.5. The second-order valence-electron chi connectivity index (χ2n) is 5.16. The number of amidine groups is 1. The molecule has 0 aliphatic carbocycles. The SMILES string of the molecule is Cc1c(CC2=NCCN2)c2c(Cl)cccc2n1S(C)(=O)=O. The van der Waals surface area contributed by atoms with Crippen molar-refractivity contribution < 1.29 is 8.42 Å². The summed E-state index contributed by atoms with van der Waals surface area (Å²) in [6.45, 7) is 3.39. The Morgan fingerprint density at radius 2 is 2.19 bits per heavy atom. The van der Waals surface area contributed by atoms with Crippen LogP contribution < -0.4 is 5.32 Å². The third-order valence-electron chi connectivity index (χ3n) is 3.67. The predicted octanol–water partition coefficient (Wildman–Crippen LogP) is 1.96. The number of aliphatic imine (C=N–C) groups is 1. The first-order valence-electron chi connectivity index (χ1n) is 6.65. The van der Waals surface area contributed by atoms with Gasteiger partial charge in [0.2, 0.25) is 10.0 Å². The van der Waals surface area contributed by atoms with E-state index < -0.39 is 10.0 Å². The maximum absolute atomic E-state index is 12.1. The van der Waals surface area contributed by atoms with Crippen LogP contribution in [0.2, 0.25) is 5.02 Å². The summed E-state index contributed by atoms with van der Waals surface area (Å²) in [4.78, 5) is 4.38. The first-order valence-corrected chi connectivity index (χ1v) is 8.88. The Labute approximate surface area is 128 Å². The Morgan fingerprint density at radius 1 is 1.43 bits per heavy atom. The lowest BCUT2D eigenvalue weighted by molar-refractivity contribution is 0.594. The maximum Gasteiger partial charge on any atom is 0.236 e. The lowest BCUT2D eigenvalue weighted by Gasteiger charge is -2.06. The van der Waals surface area contributed by atoms with Crippen LogP contribution in [0.25, 0.3) is 10.9 Å². The average molecular weight is 326 g/mol. The van der Waals surface area contributed by atoms with Gasteiger partial charge in [0.15, 0.2) is 0 Å². The molecule has 1 aliphatic heterocycles. The van der Waals surface area contributed by atoms with Crippen molar-refractivity contribution in [3.63, 3.8) is 0 Å². The lowest BCUT2D eigenvalue weighted by Crippen LogP contribution is -2.21. The van der Waals surface area contributed by atoms with E-state index in [1.165, 1.54) is 10.2 Å². The van der Waals surface area contributed by atoms with Crippen LogP contribution in [0.4, 0.5) is 0 Å². The van der Waals surface area contributed by atoms with Gasteiger partial charge in [0.1, 0.15) is 5.84 Å². The number of fused-ring (bicyclic) bond motifs is 1. The molecule has 0 saturated heterocycles. The zero-order valence-electron chi connectivity index (χ0n) is 11.9.